The zero-order valence-corrected chi connectivity index (χ0v) is 8.68. The molecule has 0 aliphatic heterocycles. The largest absolute Gasteiger partial charge is 0.384 e. The zero-order chi connectivity index (χ0) is 9.19. The summed E-state index contributed by atoms with van der Waals surface area (Å²) in [5, 5.41) is 3.47. The molecular weight excluding hydrogens is 150 g/mol. The quantitative estimate of drug-likeness (QED) is 0.679. The van der Waals surface area contributed by atoms with E-state index in [1.54, 1.807) is 7.11 Å². The molecule has 0 saturated heterocycles. The fourth-order valence-corrected chi connectivity index (χ4v) is 1.71. The fraction of sp³-hybridized carbons (Fsp3) is 1.00. The second-order valence-corrected chi connectivity index (χ2v) is 4.55. The van der Waals surface area contributed by atoms with Crippen LogP contribution >= 0.6 is 0 Å². The maximum Gasteiger partial charge on any atom is 0.0519 e. The van der Waals surface area contributed by atoms with Crippen molar-refractivity contribution < 1.29 is 4.74 Å². The van der Waals surface area contributed by atoms with Crippen LogP contribution in [-0.4, -0.2) is 26.3 Å². The summed E-state index contributed by atoms with van der Waals surface area (Å²) in [5.41, 5.74) is 0.469. The van der Waals surface area contributed by atoms with Crippen LogP contribution in [0.5, 0.6) is 0 Å². The third-order valence-corrected chi connectivity index (χ3v) is 2.78. The molecule has 0 bridgehead atoms. The lowest BCUT2D eigenvalue weighted by Crippen LogP contribution is -2.26. The molecule has 12 heavy (non-hydrogen) atoms. The molecule has 72 valence electrons. The smallest absolute Gasteiger partial charge is 0.0519 e. The maximum atomic E-state index is 5.18. The number of hydrogen-bond acceptors (Lipinski definition) is 2. The van der Waals surface area contributed by atoms with Crippen molar-refractivity contribution in [3.63, 3.8) is 0 Å². The van der Waals surface area contributed by atoms with Gasteiger partial charge in [-0.15, -0.1) is 0 Å². The van der Waals surface area contributed by atoms with Crippen LogP contribution in [0.15, 0.2) is 0 Å². The highest BCUT2D eigenvalue weighted by atomic mass is 16.5. The van der Waals surface area contributed by atoms with E-state index in [0.717, 1.165) is 19.1 Å². The molecule has 0 radical (unpaired) electrons. The summed E-state index contributed by atoms with van der Waals surface area (Å²) in [6.07, 6.45) is 1.32. The van der Waals surface area contributed by atoms with Gasteiger partial charge in [0, 0.05) is 13.2 Å². The van der Waals surface area contributed by atoms with E-state index >= 15 is 0 Å². The molecule has 0 heterocycles. The molecule has 1 aliphatic rings. The van der Waals surface area contributed by atoms with Gasteiger partial charge < -0.3 is 10.1 Å². The second-order valence-electron chi connectivity index (χ2n) is 4.55. The van der Waals surface area contributed by atoms with Crippen LogP contribution in [0.25, 0.3) is 0 Å². The van der Waals surface area contributed by atoms with E-state index in [2.05, 4.69) is 26.1 Å². The molecule has 2 unspecified atom stereocenters. The number of rotatable bonds is 5. The topological polar surface area (TPSA) is 21.3 Å². The van der Waals surface area contributed by atoms with Crippen LogP contribution in [0.4, 0.5) is 0 Å². The van der Waals surface area contributed by atoms with Crippen molar-refractivity contribution in [2.24, 2.45) is 11.3 Å². The molecule has 2 nitrogen and oxygen atoms in total. The SMILES string of the molecule is COCC1(C)CC1CNC(C)C. The summed E-state index contributed by atoms with van der Waals surface area (Å²) in [7, 11) is 1.79. The van der Waals surface area contributed by atoms with Gasteiger partial charge in [-0.05, 0) is 24.3 Å². The Hall–Kier alpha value is -0.0800. The van der Waals surface area contributed by atoms with E-state index in [0.29, 0.717) is 11.5 Å². The summed E-state index contributed by atoms with van der Waals surface area (Å²) in [6.45, 7) is 8.75. The molecular formula is C10H21NO. The Morgan fingerprint density at radius 2 is 2.25 bits per heavy atom. The molecule has 1 fully saturated rings. The third-order valence-electron chi connectivity index (χ3n) is 2.78. The van der Waals surface area contributed by atoms with Gasteiger partial charge in [-0.3, -0.25) is 0 Å². The molecule has 0 aromatic heterocycles. The van der Waals surface area contributed by atoms with E-state index in [-0.39, 0.29) is 0 Å². The minimum Gasteiger partial charge on any atom is -0.384 e. The average Bonchev–Trinajstić information content (AvgIpc) is 2.58. The molecule has 2 heteroatoms. The number of nitrogens with one attached hydrogen (secondary N) is 1. The van der Waals surface area contributed by atoms with Crippen LogP contribution in [-0.2, 0) is 4.74 Å². The summed E-state index contributed by atoms with van der Waals surface area (Å²) >= 11 is 0. The maximum absolute atomic E-state index is 5.18. The number of ether oxygens (including phenoxy) is 1. The van der Waals surface area contributed by atoms with Gasteiger partial charge in [-0.25, -0.2) is 0 Å². The van der Waals surface area contributed by atoms with Gasteiger partial charge in [-0.1, -0.05) is 20.8 Å². The van der Waals surface area contributed by atoms with Gasteiger partial charge in [0.2, 0.25) is 0 Å². The van der Waals surface area contributed by atoms with Crippen molar-refractivity contribution >= 4 is 0 Å². The Morgan fingerprint density at radius 3 is 2.75 bits per heavy atom. The standard InChI is InChI=1S/C10H21NO/c1-8(2)11-6-9-5-10(9,3)7-12-4/h8-9,11H,5-7H2,1-4H3. The van der Waals surface area contributed by atoms with Crippen molar-refractivity contribution in [3.05, 3.63) is 0 Å². The minimum atomic E-state index is 0.469. The van der Waals surface area contributed by atoms with E-state index in [1.165, 1.54) is 6.42 Å². The molecule has 1 N–H and O–H groups in total. The van der Waals surface area contributed by atoms with Gasteiger partial charge in [0.15, 0.2) is 0 Å². The molecule has 0 amide bonds. The van der Waals surface area contributed by atoms with Gasteiger partial charge >= 0.3 is 0 Å². The van der Waals surface area contributed by atoms with Gasteiger partial charge in [0.1, 0.15) is 0 Å². The Labute approximate surface area is 75.7 Å². The van der Waals surface area contributed by atoms with Crippen LogP contribution < -0.4 is 5.32 Å². The molecule has 0 aromatic rings. The predicted molar refractivity (Wildman–Crippen MR) is 51.2 cm³/mol. The first kappa shape index (κ1) is 10.0. The molecule has 1 rings (SSSR count). The van der Waals surface area contributed by atoms with Crippen molar-refractivity contribution in [1.29, 1.82) is 0 Å². The molecule has 1 saturated carbocycles. The predicted octanol–water partition coefficient (Wildman–Crippen LogP) is 1.66. The van der Waals surface area contributed by atoms with Crippen LogP contribution in [0.3, 0.4) is 0 Å². The molecule has 1 aliphatic carbocycles. The number of hydrogen-bond donors (Lipinski definition) is 1. The normalized spacial score (nSPS) is 34.2. The highest BCUT2D eigenvalue weighted by Gasteiger charge is 2.49. The lowest BCUT2D eigenvalue weighted by atomic mass is 10.1. The lowest BCUT2D eigenvalue weighted by molar-refractivity contribution is 0.141. The van der Waals surface area contributed by atoms with Crippen molar-refractivity contribution in [2.45, 2.75) is 33.2 Å². The monoisotopic (exact) mass is 171 g/mol. The number of methoxy groups -OCH3 is 1. The van der Waals surface area contributed by atoms with Crippen LogP contribution in [0, 0.1) is 11.3 Å². The fourth-order valence-electron chi connectivity index (χ4n) is 1.71. The molecule has 0 spiro atoms. The summed E-state index contributed by atoms with van der Waals surface area (Å²) < 4.78 is 5.18. The van der Waals surface area contributed by atoms with E-state index in [9.17, 15) is 0 Å². The summed E-state index contributed by atoms with van der Waals surface area (Å²) in [4.78, 5) is 0. The van der Waals surface area contributed by atoms with Crippen LogP contribution in [0.1, 0.15) is 27.2 Å². The van der Waals surface area contributed by atoms with Crippen LogP contribution in [0.2, 0.25) is 0 Å². The second kappa shape index (κ2) is 3.75. The highest BCUT2D eigenvalue weighted by Crippen LogP contribution is 2.51. The summed E-state index contributed by atoms with van der Waals surface area (Å²) in [5.74, 6) is 0.833. The Kier molecular flexibility index (Phi) is 3.13. The first-order valence-electron chi connectivity index (χ1n) is 4.81. The van der Waals surface area contributed by atoms with E-state index < -0.39 is 0 Å². The van der Waals surface area contributed by atoms with Gasteiger partial charge in [-0.2, -0.15) is 0 Å². The first-order valence-corrected chi connectivity index (χ1v) is 4.81. The Morgan fingerprint density at radius 1 is 1.58 bits per heavy atom. The lowest BCUT2D eigenvalue weighted by Gasteiger charge is -2.11. The average molecular weight is 171 g/mol. The highest BCUT2D eigenvalue weighted by molar-refractivity contribution is 4.99. The van der Waals surface area contributed by atoms with Crippen molar-refractivity contribution in [3.8, 4) is 0 Å². The summed E-state index contributed by atoms with van der Waals surface area (Å²) in [6, 6.07) is 0.609. The van der Waals surface area contributed by atoms with E-state index in [4.69, 9.17) is 4.74 Å². The van der Waals surface area contributed by atoms with Gasteiger partial charge in [0.05, 0.1) is 6.61 Å². The minimum absolute atomic E-state index is 0.469. The van der Waals surface area contributed by atoms with Crippen molar-refractivity contribution in [2.75, 3.05) is 20.3 Å². The molecule has 0 aromatic carbocycles. The van der Waals surface area contributed by atoms with Gasteiger partial charge in [0.25, 0.3) is 0 Å². The Bertz CT molecular complexity index is 147. The van der Waals surface area contributed by atoms with Crippen molar-refractivity contribution in [1.82, 2.24) is 5.32 Å². The Balaban J connectivity index is 2.14. The van der Waals surface area contributed by atoms with E-state index in [1.807, 2.05) is 0 Å². The molecule has 2 atom stereocenters. The first-order chi connectivity index (χ1) is 5.58. The zero-order valence-electron chi connectivity index (χ0n) is 8.68. The third kappa shape index (κ3) is 2.46.